The molecule has 2 aromatic rings. The number of likely N-dealkylation sites (tertiary alicyclic amines) is 1. The van der Waals surface area contributed by atoms with Gasteiger partial charge < -0.3 is 14.5 Å². The standard InChI is InChI=1S/C19H26N2O2/c1-22-17-6-7-19-18(11-17)14(12-20-19)10-15-4-2-8-21(15)16-5-3-9-23-13-16/h6-7,11-12,15-16,20H,2-5,8-10,13H2,1H3/t15-,16-/m1/s1. The van der Waals surface area contributed by atoms with E-state index >= 15 is 0 Å². The zero-order valence-corrected chi connectivity index (χ0v) is 13.9. The number of nitrogens with zero attached hydrogens (tertiary/aromatic N) is 1. The van der Waals surface area contributed by atoms with Gasteiger partial charge in [-0.1, -0.05) is 0 Å². The summed E-state index contributed by atoms with van der Waals surface area (Å²) < 4.78 is 11.1. The lowest BCUT2D eigenvalue weighted by Crippen LogP contribution is -2.44. The molecule has 0 spiro atoms. The van der Waals surface area contributed by atoms with Crippen LogP contribution in [0.25, 0.3) is 10.9 Å². The van der Waals surface area contributed by atoms with Crippen molar-refractivity contribution in [3.8, 4) is 5.75 Å². The fourth-order valence-electron chi connectivity index (χ4n) is 4.25. The van der Waals surface area contributed by atoms with Crippen LogP contribution in [0.3, 0.4) is 0 Å². The van der Waals surface area contributed by atoms with Crippen LogP contribution < -0.4 is 4.74 Å². The van der Waals surface area contributed by atoms with Crippen LogP contribution in [-0.4, -0.2) is 48.8 Å². The average molecular weight is 314 g/mol. The van der Waals surface area contributed by atoms with E-state index in [1.165, 1.54) is 48.7 Å². The number of aromatic amines is 1. The van der Waals surface area contributed by atoms with Gasteiger partial charge in [-0.3, -0.25) is 4.90 Å². The number of H-pyrrole nitrogens is 1. The molecule has 0 radical (unpaired) electrons. The van der Waals surface area contributed by atoms with E-state index in [0.29, 0.717) is 12.1 Å². The molecule has 1 aromatic heterocycles. The van der Waals surface area contributed by atoms with E-state index in [1.807, 2.05) is 6.07 Å². The molecule has 124 valence electrons. The third-order valence-corrected chi connectivity index (χ3v) is 5.46. The molecule has 0 unspecified atom stereocenters. The van der Waals surface area contributed by atoms with Crippen molar-refractivity contribution in [2.45, 2.75) is 44.2 Å². The van der Waals surface area contributed by atoms with Crippen LogP contribution in [0.5, 0.6) is 5.75 Å². The van der Waals surface area contributed by atoms with Crippen molar-refractivity contribution in [3.05, 3.63) is 30.0 Å². The molecule has 2 aliphatic rings. The Balaban J connectivity index is 1.54. The minimum atomic E-state index is 0.621. The summed E-state index contributed by atoms with van der Waals surface area (Å²) in [5.74, 6) is 0.933. The predicted octanol–water partition coefficient (Wildman–Crippen LogP) is 3.36. The molecular formula is C19H26N2O2. The van der Waals surface area contributed by atoms with Gasteiger partial charge in [-0.05, 0) is 62.4 Å². The molecule has 0 saturated carbocycles. The van der Waals surface area contributed by atoms with Gasteiger partial charge in [-0.25, -0.2) is 0 Å². The lowest BCUT2D eigenvalue weighted by Gasteiger charge is -2.35. The van der Waals surface area contributed by atoms with Crippen molar-refractivity contribution in [1.82, 2.24) is 9.88 Å². The monoisotopic (exact) mass is 314 g/mol. The minimum Gasteiger partial charge on any atom is -0.497 e. The summed E-state index contributed by atoms with van der Waals surface area (Å²) in [5.41, 5.74) is 2.61. The second-order valence-corrected chi connectivity index (χ2v) is 6.83. The number of methoxy groups -OCH3 is 1. The zero-order valence-electron chi connectivity index (χ0n) is 13.9. The highest BCUT2D eigenvalue weighted by molar-refractivity contribution is 5.84. The van der Waals surface area contributed by atoms with E-state index < -0.39 is 0 Å². The molecule has 1 aromatic carbocycles. The maximum Gasteiger partial charge on any atom is 0.119 e. The minimum absolute atomic E-state index is 0.621. The molecule has 2 saturated heterocycles. The number of hydrogen-bond acceptors (Lipinski definition) is 3. The quantitative estimate of drug-likeness (QED) is 0.940. The first kappa shape index (κ1) is 15.0. The number of fused-ring (bicyclic) bond motifs is 1. The van der Waals surface area contributed by atoms with Crippen molar-refractivity contribution in [2.75, 3.05) is 26.9 Å². The van der Waals surface area contributed by atoms with Crippen molar-refractivity contribution >= 4 is 10.9 Å². The van der Waals surface area contributed by atoms with Crippen molar-refractivity contribution in [3.63, 3.8) is 0 Å². The normalized spacial score (nSPS) is 26.0. The molecule has 0 aliphatic carbocycles. The van der Waals surface area contributed by atoms with Gasteiger partial charge in [0.1, 0.15) is 5.75 Å². The highest BCUT2D eigenvalue weighted by Gasteiger charge is 2.32. The van der Waals surface area contributed by atoms with E-state index in [9.17, 15) is 0 Å². The van der Waals surface area contributed by atoms with E-state index in [4.69, 9.17) is 9.47 Å². The summed E-state index contributed by atoms with van der Waals surface area (Å²) in [6, 6.07) is 7.55. The number of benzene rings is 1. The smallest absolute Gasteiger partial charge is 0.119 e. The van der Waals surface area contributed by atoms with Crippen LogP contribution in [0, 0.1) is 0 Å². The number of rotatable bonds is 4. The van der Waals surface area contributed by atoms with Crippen LogP contribution in [0.1, 0.15) is 31.2 Å². The van der Waals surface area contributed by atoms with Gasteiger partial charge in [-0.15, -0.1) is 0 Å². The molecule has 23 heavy (non-hydrogen) atoms. The van der Waals surface area contributed by atoms with Gasteiger partial charge in [0.2, 0.25) is 0 Å². The molecule has 0 bridgehead atoms. The van der Waals surface area contributed by atoms with Crippen LogP contribution in [0.2, 0.25) is 0 Å². The molecule has 1 N–H and O–H groups in total. The molecule has 0 amide bonds. The molecule has 3 heterocycles. The number of hydrogen-bond donors (Lipinski definition) is 1. The summed E-state index contributed by atoms with van der Waals surface area (Å²) in [4.78, 5) is 6.12. The first-order chi connectivity index (χ1) is 11.3. The Kier molecular flexibility index (Phi) is 4.27. The Morgan fingerprint density at radius 1 is 1.30 bits per heavy atom. The summed E-state index contributed by atoms with van der Waals surface area (Å²) in [5, 5.41) is 1.30. The molecule has 2 fully saturated rings. The Hall–Kier alpha value is -1.52. The first-order valence-corrected chi connectivity index (χ1v) is 8.82. The molecule has 4 nitrogen and oxygen atoms in total. The molecule has 2 aliphatic heterocycles. The van der Waals surface area contributed by atoms with Gasteiger partial charge in [0.25, 0.3) is 0 Å². The average Bonchev–Trinajstić information content (AvgIpc) is 3.23. The molecular weight excluding hydrogens is 288 g/mol. The van der Waals surface area contributed by atoms with Crippen molar-refractivity contribution in [1.29, 1.82) is 0 Å². The van der Waals surface area contributed by atoms with Crippen molar-refractivity contribution < 1.29 is 9.47 Å². The fourth-order valence-corrected chi connectivity index (χ4v) is 4.25. The van der Waals surface area contributed by atoms with Gasteiger partial charge in [-0.2, -0.15) is 0 Å². The maximum absolute atomic E-state index is 5.71. The van der Waals surface area contributed by atoms with E-state index in [2.05, 4.69) is 28.2 Å². The Morgan fingerprint density at radius 3 is 3.09 bits per heavy atom. The number of nitrogens with one attached hydrogen (secondary N) is 1. The second kappa shape index (κ2) is 6.54. The molecule has 2 atom stereocenters. The van der Waals surface area contributed by atoms with Crippen LogP contribution in [0.4, 0.5) is 0 Å². The lowest BCUT2D eigenvalue weighted by atomic mass is 10.0. The fraction of sp³-hybridized carbons (Fsp3) is 0.579. The Morgan fingerprint density at radius 2 is 2.26 bits per heavy atom. The highest BCUT2D eigenvalue weighted by atomic mass is 16.5. The number of ether oxygens (including phenoxy) is 2. The summed E-state index contributed by atoms with van der Waals surface area (Å²) in [6.07, 6.45) is 8.40. The SMILES string of the molecule is COc1ccc2[nH]cc(C[C@H]3CCCN3[C@@H]3CCCOC3)c2c1. The molecule has 4 rings (SSSR count). The van der Waals surface area contributed by atoms with Crippen molar-refractivity contribution in [2.24, 2.45) is 0 Å². The topological polar surface area (TPSA) is 37.5 Å². The molecule has 4 heteroatoms. The number of aromatic nitrogens is 1. The largest absolute Gasteiger partial charge is 0.497 e. The van der Waals surface area contributed by atoms with Gasteiger partial charge in [0.15, 0.2) is 0 Å². The third-order valence-electron chi connectivity index (χ3n) is 5.46. The Bertz CT molecular complexity index is 660. The predicted molar refractivity (Wildman–Crippen MR) is 92.1 cm³/mol. The Labute approximate surface area is 137 Å². The van der Waals surface area contributed by atoms with Gasteiger partial charge in [0, 0.05) is 35.8 Å². The summed E-state index contributed by atoms with van der Waals surface area (Å²) >= 11 is 0. The van der Waals surface area contributed by atoms with Gasteiger partial charge >= 0.3 is 0 Å². The summed E-state index contributed by atoms with van der Waals surface area (Å²) in [6.45, 7) is 3.08. The highest BCUT2D eigenvalue weighted by Crippen LogP contribution is 2.30. The van der Waals surface area contributed by atoms with Crippen LogP contribution in [-0.2, 0) is 11.2 Å². The van der Waals surface area contributed by atoms with Crippen LogP contribution in [0.15, 0.2) is 24.4 Å². The summed E-state index contributed by atoms with van der Waals surface area (Å²) in [7, 11) is 1.73. The first-order valence-electron chi connectivity index (χ1n) is 8.82. The second-order valence-electron chi connectivity index (χ2n) is 6.83. The van der Waals surface area contributed by atoms with E-state index in [1.54, 1.807) is 7.11 Å². The van der Waals surface area contributed by atoms with E-state index in [0.717, 1.165) is 25.4 Å². The van der Waals surface area contributed by atoms with Gasteiger partial charge in [0.05, 0.1) is 13.7 Å². The maximum atomic E-state index is 5.71. The van der Waals surface area contributed by atoms with E-state index in [-0.39, 0.29) is 0 Å². The van der Waals surface area contributed by atoms with Crippen LogP contribution >= 0.6 is 0 Å². The third kappa shape index (κ3) is 2.98. The zero-order chi connectivity index (χ0) is 15.6. The lowest BCUT2D eigenvalue weighted by molar-refractivity contribution is 0.0129.